The van der Waals surface area contributed by atoms with Gasteiger partial charge in [0.1, 0.15) is 0 Å². The van der Waals surface area contributed by atoms with Crippen LogP contribution in [0.2, 0.25) is 5.02 Å². The molecule has 0 amide bonds. The smallest absolute Gasteiger partial charge is 0.259 e. The minimum absolute atomic E-state index is 0.182. The van der Waals surface area contributed by atoms with Gasteiger partial charge in [0.25, 0.3) is 5.56 Å². The third-order valence-corrected chi connectivity index (χ3v) is 3.70. The zero-order valence-electron chi connectivity index (χ0n) is 10.7. The van der Waals surface area contributed by atoms with Gasteiger partial charge in [0, 0.05) is 5.02 Å². The number of benzene rings is 2. The molecule has 2 aromatic carbocycles. The van der Waals surface area contributed by atoms with Crippen molar-refractivity contribution in [3.05, 3.63) is 62.1 Å². The third-order valence-electron chi connectivity index (χ3n) is 3.24. The first-order chi connectivity index (χ1) is 9.54. The van der Waals surface area contributed by atoms with E-state index in [1.807, 2.05) is 43.3 Å². The Kier molecular flexibility index (Phi) is 3.20. The molecule has 3 rings (SSSR count). The van der Waals surface area contributed by atoms with Crippen LogP contribution in [0.15, 0.2) is 41.2 Å². The van der Waals surface area contributed by atoms with Crippen molar-refractivity contribution in [3.63, 3.8) is 0 Å². The van der Waals surface area contributed by atoms with Crippen LogP contribution in [0.1, 0.15) is 5.56 Å². The van der Waals surface area contributed by atoms with Crippen molar-refractivity contribution in [2.24, 2.45) is 0 Å². The predicted molar refractivity (Wildman–Crippen MR) is 84.9 cm³/mol. The Morgan fingerprint density at radius 1 is 1.10 bits per heavy atom. The fourth-order valence-electron chi connectivity index (χ4n) is 2.26. The molecular weight excluding hydrogens is 292 g/mol. The van der Waals surface area contributed by atoms with E-state index in [-0.39, 0.29) is 5.56 Å². The molecule has 0 unspecified atom stereocenters. The van der Waals surface area contributed by atoms with Crippen LogP contribution >= 0.6 is 23.8 Å². The molecule has 0 saturated heterocycles. The highest BCUT2D eigenvalue weighted by atomic mass is 35.5. The molecular formula is C15H11ClN2OS. The van der Waals surface area contributed by atoms with Crippen molar-refractivity contribution in [1.29, 1.82) is 0 Å². The highest BCUT2D eigenvalue weighted by Crippen LogP contribution is 2.27. The largest absolute Gasteiger partial charge is 0.332 e. The van der Waals surface area contributed by atoms with Crippen LogP contribution in [0, 0.1) is 11.7 Å². The summed E-state index contributed by atoms with van der Waals surface area (Å²) in [5, 5.41) is 1.28. The van der Waals surface area contributed by atoms with Crippen LogP contribution in [0.25, 0.3) is 22.0 Å². The van der Waals surface area contributed by atoms with Gasteiger partial charge in [-0.1, -0.05) is 23.7 Å². The van der Waals surface area contributed by atoms with Gasteiger partial charge in [0.05, 0.1) is 10.9 Å². The molecule has 0 saturated carbocycles. The van der Waals surface area contributed by atoms with E-state index in [0.717, 1.165) is 22.2 Å². The van der Waals surface area contributed by atoms with Crippen molar-refractivity contribution in [3.8, 4) is 11.1 Å². The number of rotatable bonds is 1. The second-order valence-electron chi connectivity index (χ2n) is 4.63. The van der Waals surface area contributed by atoms with Crippen LogP contribution in [0.5, 0.6) is 0 Å². The van der Waals surface area contributed by atoms with E-state index in [1.165, 1.54) is 0 Å². The lowest BCUT2D eigenvalue weighted by atomic mass is 9.99. The number of aromatic amines is 2. The monoisotopic (exact) mass is 302 g/mol. The zero-order valence-corrected chi connectivity index (χ0v) is 12.2. The lowest BCUT2D eigenvalue weighted by Crippen LogP contribution is -2.08. The Labute approximate surface area is 125 Å². The Morgan fingerprint density at radius 2 is 1.80 bits per heavy atom. The minimum Gasteiger partial charge on any atom is -0.332 e. The van der Waals surface area contributed by atoms with Gasteiger partial charge >= 0.3 is 0 Å². The van der Waals surface area contributed by atoms with Gasteiger partial charge in [-0.15, -0.1) is 0 Å². The molecule has 1 aromatic heterocycles. The number of aromatic nitrogens is 2. The molecule has 20 heavy (non-hydrogen) atoms. The first kappa shape index (κ1) is 13.1. The van der Waals surface area contributed by atoms with Crippen molar-refractivity contribution in [2.75, 3.05) is 0 Å². The average molecular weight is 303 g/mol. The summed E-state index contributed by atoms with van der Waals surface area (Å²) >= 11 is 10.9. The van der Waals surface area contributed by atoms with Crippen molar-refractivity contribution < 1.29 is 0 Å². The fraction of sp³-hybridized carbons (Fsp3) is 0.0667. The number of fused-ring (bicyclic) bond motifs is 1. The molecule has 0 aliphatic heterocycles. The van der Waals surface area contributed by atoms with Gasteiger partial charge in [-0.05, 0) is 60.1 Å². The number of H-pyrrole nitrogens is 2. The van der Waals surface area contributed by atoms with Crippen LogP contribution < -0.4 is 5.56 Å². The van der Waals surface area contributed by atoms with Gasteiger partial charge in [-0.3, -0.25) is 9.78 Å². The first-order valence-corrected chi connectivity index (χ1v) is 6.86. The molecule has 3 aromatic rings. The predicted octanol–water partition coefficient (Wildman–Crippen LogP) is 4.21. The van der Waals surface area contributed by atoms with Gasteiger partial charge in [0.15, 0.2) is 4.77 Å². The molecule has 0 radical (unpaired) electrons. The maximum Gasteiger partial charge on any atom is 0.259 e. The molecule has 0 atom stereocenters. The molecule has 1 heterocycles. The highest BCUT2D eigenvalue weighted by Gasteiger charge is 2.07. The summed E-state index contributed by atoms with van der Waals surface area (Å²) in [4.78, 5) is 17.6. The number of aryl methyl sites for hydroxylation is 1. The van der Waals surface area contributed by atoms with Gasteiger partial charge < -0.3 is 4.98 Å². The number of hydrogen-bond donors (Lipinski definition) is 2. The summed E-state index contributed by atoms with van der Waals surface area (Å²) in [6, 6.07) is 11.4. The number of halogens is 1. The summed E-state index contributed by atoms with van der Waals surface area (Å²) in [5.74, 6) is 0. The van der Waals surface area contributed by atoms with E-state index in [4.69, 9.17) is 23.8 Å². The Bertz CT molecular complexity index is 910. The van der Waals surface area contributed by atoms with Crippen LogP contribution in [0.3, 0.4) is 0 Å². The third kappa shape index (κ3) is 2.28. The summed E-state index contributed by atoms with van der Waals surface area (Å²) in [6.07, 6.45) is 0. The number of nitrogens with one attached hydrogen (secondary N) is 2. The van der Waals surface area contributed by atoms with E-state index in [1.54, 1.807) is 0 Å². The van der Waals surface area contributed by atoms with E-state index in [0.29, 0.717) is 15.2 Å². The number of hydrogen-bond acceptors (Lipinski definition) is 2. The average Bonchev–Trinajstić information content (AvgIpc) is 2.39. The second kappa shape index (κ2) is 4.89. The maximum atomic E-state index is 12.0. The van der Waals surface area contributed by atoms with E-state index in [9.17, 15) is 4.79 Å². The molecule has 0 bridgehead atoms. The standard InChI is InChI=1S/C15H11ClN2OS/c1-8-6-13-12(14(19)18-15(20)17-13)7-11(8)9-2-4-10(16)5-3-9/h2-7H,1H3,(H2,17,18,19,20). The van der Waals surface area contributed by atoms with Crippen molar-refractivity contribution in [2.45, 2.75) is 6.92 Å². The molecule has 100 valence electrons. The van der Waals surface area contributed by atoms with Gasteiger partial charge in [-0.2, -0.15) is 0 Å². The molecule has 2 N–H and O–H groups in total. The molecule has 0 aliphatic carbocycles. The van der Waals surface area contributed by atoms with Crippen molar-refractivity contribution >= 4 is 34.7 Å². The Morgan fingerprint density at radius 3 is 2.50 bits per heavy atom. The van der Waals surface area contributed by atoms with E-state index >= 15 is 0 Å². The molecule has 5 heteroatoms. The van der Waals surface area contributed by atoms with Crippen molar-refractivity contribution in [1.82, 2.24) is 9.97 Å². The first-order valence-electron chi connectivity index (χ1n) is 6.07. The second-order valence-corrected chi connectivity index (χ2v) is 5.47. The summed E-state index contributed by atoms with van der Waals surface area (Å²) in [7, 11) is 0. The van der Waals surface area contributed by atoms with Crippen LogP contribution in [0.4, 0.5) is 0 Å². The summed E-state index contributed by atoms with van der Waals surface area (Å²) < 4.78 is 0.334. The topological polar surface area (TPSA) is 48.6 Å². The Hall–Kier alpha value is -1.91. The molecule has 0 spiro atoms. The lowest BCUT2D eigenvalue weighted by Gasteiger charge is -2.08. The maximum absolute atomic E-state index is 12.0. The molecule has 3 nitrogen and oxygen atoms in total. The van der Waals surface area contributed by atoms with E-state index in [2.05, 4.69) is 9.97 Å². The Balaban J connectivity index is 2.32. The molecule has 0 aliphatic rings. The summed E-state index contributed by atoms with van der Waals surface area (Å²) in [6.45, 7) is 2.00. The van der Waals surface area contributed by atoms with Gasteiger partial charge in [0.2, 0.25) is 0 Å². The SMILES string of the molecule is Cc1cc2[nH]c(=S)[nH]c(=O)c2cc1-c1ccc(Cl)cc1. The highest BCUT2D eigenvalue weighted by molar-refractivity contribution is 7.71. The minimum atomic E-state index is -0.182. The summed E-state index contributed by atoms with van der Waals surface area (Å²) in [5.41, 5.74) is 3.66. The fourth-order valence-corrected chi connectivity index (χ4v) is 2.59. The van der Waals surface area contributed by atoms with Gasteiger partial charge in [-0.25, -0.2) is 0 Å². The normalized spacial score (nSPS) is 10.9. The zero-order chi connectivity index (χ0) is 14.3. The lowest BCUT2D eigenvalue weighted by molar-refractivity contribution is 1.14. The molecule has 0 fully saturated rings. The van der Waals surface area contributed by atoms with Crippen LogP contribution in [-0.2, 0) is 0 Å². The quantitative estimate of drug-likeness (QED) is 0.661. The van der Waals surface area contributed by atoms with E-state index < -0.39 is 0 Å². The van der Waals surface area contributed by atoms with Crippen LogP contribution in [-0.4, -0.2) is 9.97 Å².